The molecule has 0 spiro atoms. The lowest BCUT2D eigenvalue weighted by Gasteiger charge is -2.53. The van der Waals surface area contributed by atoms with Crippen molar-refractivity contribution in [1.82, 2.24) is 0 Å². The summed E-state index contributed by atoms with van der Waals surface area (Å²) in [7, 11) is 0. The lowest BCUT2D eigenvalue weighted by Crippen LogP contribution is -2.49. The zero-order valence-electron chi connectivity index (χ0n) is 12.6. The fourth-order valence-electron chi connectivity index (χ4n) is 6.22. The topological polar surface area (TPSA) is 43.1 Å². The zero-order chi connectivity index (χ0) is 13.9. The molecule has 0 aliphatic heterocycles. The highest BCUT2D eigenvalue weighted by molar-refractivity contribution is 5.91. The Morgan fingerprint density at radius 2 is 1.95 bits per heavy atom. The molecule has 0 amide bonds. The number of hydrogen-bond acceptors (Lipinski definition) is 2. The first-order valence-corrected chi connectivity index (χ1v) is 8.58. The summed E-state index contributed by atoms with van der Waals surface area (Å²) in [6.07, 6.45) is 11.7. The van der Waals surface area contributed by atoms with E-state index in [1.165, 1.54) is 44.1 Å². The summed E-state index contributed by atoms with van der Waals surface area (Å²) < 4.78 is 0. The molecule has 4 aliphatic carbocycles. The molecular weight excluding hydrogens is 246 g/mol. The Morgan fingerprint density at radius 3 is 2.80 bits per heavy atom. The van der Waals surface area contributed by atoms with Crippen LogP contribution in [0.25, 0.3) is 0 Å². The molecule has 0 aromatic rings. The minimum Gasteiger partial charge on any atom is -0.327 e. The molecule has 3 fully saturated rings. The molecule has 0 bridgehead atoms. The van der Waals surface area contributed by atoms with Gasteiger partial charge in [0, 0.05) is 12.5 Å². The molecule has 0 radical (unpaired) electrons. The third kappa shape index (κ3) is 1.70. The van der Waals surface area contributed by atoms with Gasteiger partial charge in [-0.05, 0) is 80.1 Å². The van der Waals surface area contributed by atoms with Crippen LogP contribution in [0.4, 0.5) is 0 Å². The van der Waals surface area contributed by atoms with E-state index in [2.05, 4.69) is 6.92 Å². The van der Waals surface area contributed by atoms with Crippen LogP contribution in [0.15, 0.2) is 11.6 Å². The van der Waals surface area contributed by atoms with Gasteiger partial charge in [-0.1, -0.05) is 12.5 Å². The fraction of sp³-hybridized carbons (Fsp3) is 0.833. The van der Waals surface area contributed by atoms with Crippen molar-refractivity contribution in [2.75, 3.05) is 0 Å². The molecular formula is C18H27NO. The van der Waals surface area contributed by atoms with Crippen LogP contribution in [0, 0.1) is 29.1 Å². The van der Waals surface area contributed by atoms with Crippen LogP contribution in [-0.2, 0) is 4.79 Å². The Hall–Kier alpha value is -0.630. The van der Waals surface area contributed by atoms with Crippen LogP contribution in [0.5, 0.6) is 0 Å². The van der Waals surface area contributed by atoms with Crippen molar-refractivity contribution in [2.45, 2.75) is 64.3 Å². The van der Waals surface area contributed by atoms with Crippen molar-refractivity contribution in [1.29, 1.82) is 0 Å². The number of nitrogens with two attached hydrogens (primary N) is 1. The van der Waals surface area contributed by atoms with Crippen molar-refractivity contribution < 1.29 is 4.79 Å². The Bertz CT molecular complexity index is 468. The highest BCUT2D eigenvalue weighted by atomic mass is 16.1. The molecule has 0 aromatic heterocycles. The highest BCUT2D eigenvalue weighted by Crippen LogP contribution is 2.61. The lowest BCUT2D eigenvalue weighted by atomic mass is 9.52. The van der Waals surface area contributed by atoms with Gasteiger partial charge in [0.1, 0.15) is 0 Å². The number of rotatable bonds is 0. The molecule has 20 heavy (non-hydrogen) atoms. The first-order valence-electron chi connectivity index (χ1n) is 8.58. The van der Waals surface area contributed by atoms with E-state index in [0.29, 0.717) is 17.2 Å². The smallest absolute Gasteiger partial charge is 0.155 e. The number of hydrogen-bond donors (Lipinski definition) is 1. The van der Waals surface area contributed by atoms with Gasteiger partial charge < -0.3 is 5.73 Å². The first kappa shape index (κ1) is 13.1. The second kappa shape index (κ2) is 4.43. The van der Waals surface area contributed by atoms with Gasteiger partial charge in [0.05, 0.1) is 0 Å². The molecule has 4 rings (SSSR count). The van der Waals surface area contributed by atoms with Crippen LogP contribution in [0.1, 0.15) is 58.3 Å². The fourth-order valence-corrected chi connectivity index (χ4v) is 6.22. The van der Waals surface area contributed by atoms with E-state index >= 15 is 0 Å². The first-order chi connectivity index (χ1) is 9.59. The van der Waals surface area contributed by atoms with Crippen molar-refractivity contribution in [3.05, 3.63) is 11.6 Å². The Kier molecular flexibility index (Phi) is 2.89. The molecule has 0 heterocycles. The van der Waals surface area contributed by atoms with Gasteiger partial charge in [-0.3, -0.25) is 4.79 Å². The van der Waals surface area contributed by atoms with Crippen molar-refractivity contribution in [3.8, 4) is 0 Å². The second-order valence-corrected chi connectivity index (χ2v) is 8.03. The molecule has 2 N–H and O–H groups in total. The Morgan fingerprint density at radius 1 is 1.10 bits per heavy atom. The summed E-state index contributed by atoms with van der Waals surface area (Å²) in [6, 6.07) is 0.429. The summed E-state index contributed by atoms with van der Waals surface area (Å²) in [4.78, 5) is 11.7. The van der Waals surface area contributed by atoms with E-state index in [1.54, 1.807) is 0 Å². The summed E-state index contributed by atoms with van der Waals surface area (Å²) in [5, 5.41) is 0. The van der Waals surface area contributed by atoms with Crippen molar-refractivity contribution >= 4 is 5.78 Å². The number of carbonyl (C=O) groups excluding carboxylic acids is 1. The number of fused-ring (bicyclic) bond motifs is 5. The normalized spacial score (nSPS) is 51.0. The van der Waals surface area contributed by atoms with Gasteiger partial charge in [0.15, 0.2) is 5.78 Å². The monoisotopic (exact) mass is 273 g/mol. The standard InChI is InChI=1S/C18H27NO/c1-18-9-8-14-13-5-3-12(20)10-11(13)2-4-15(14)16(18)6-7-17(18)19/h10,13-17H,2-9,19H2,1H3/t13?,14?,15?,16?,17-,18-/m0/s1. The Balaban J connectivity index is 1.63. The summed E-state index contributed by atoms with van der Waals surface area (Å²) in [5.74, 6) is 3.70. The van der Waals surface area contributed by atoms with E-state index in [4.69, 9.17) is 5.73 Å². The molecule has 6 atom stereocenters. The Labute approximate surface area is 122 Å². The van der Waals surface area contributed by atoms with Gasteiger partial charge in [0.25, 0.3) is 0 Å². The zero-order valence-corrected chi connectivity index (χ0v) is 12.6. The molecule has 0 saturated heterocycles. The van der Waals surface area contributed by atoms with E-state index in [1.807, 2.05) is 6.08 Å². The maximum atomic E-state index is 11.7. The van der Waals surface area contributed by atoms with Crippen LogP contribution < -0.4 is 5.73 Å². The van der Waals surface area contributed by atoms with Crippen molar-refractivity contribution in [2.24, 2.45) is 34.8 Å². The average Bonchev–Trinajstić information content (AvgIpc) is 2.74. The molecule has 110 valence electrons. The van der Waals surface area contributed by atoms with E-state index in [9.17, 15) is 4.79 Å². The summed E-state index contributed by atoms with van der Waals surface area (Å²) >= 11 is 0. The van der Waals surface area contributed by atoms with Gasteiger partial charge in [-0.2, -0.15) is 0 Å². The predicted octanol–water partition coefficient (Wildman–Crippen LogP) is 3.46. The quantitative estimate of drug-likeness (QED) is 0.734. The molecule has 2 heteroatoms. The molecule has 3 saturated carbocycles. The molecule has 4 aliphatic rings. The van der Waals surface area contributed by atoms with Crippen LogP contribution in [0.2, 0.25) is 0 Å². The average molecular weight is 273 g/mol. The van der Waals surface area contributed by atoms with Crippen LogP contribution in [-0.4, -0.2) is 11.8 Å². The predicted molar refractivity (Wildman–Crippen MR) is 80.1 cm³/mol. The minimum absolute atomic E-state index is 0.373. The van der Waals surface area contributed by atoms with Gasteiger partial charge >= 0.3 is 0 Å². The third-order valence-corrected chi connectivity index (χ3v) is 7.37. The molecule has 0 aromatic carbocycles. The highest BCUT2D eigenvalue weighted by Gasteiger charge is 2.55. The molecule has 4 unspecified atom stereocenters. The van der Waals surface area contributed by atoms with Crippen LogP contribution in [0.3, 0.4) is 0 Å². The lowest BCUT2D eigenvalue weighted by molar-refractivity contribution is -0.116. The third-order valence-electron chi connectivity index (χ3n) is 7.37. The molecule has 2 nitrogen and oxygen atoms in total. The minimum atomic E-state index is 0.373. The van der Waals surface area contributed by atoms with Crippen molar-refractivity contribution in [3.63, 3.8) is 0 Å². The second-order valence-electron chi connectivity index (χ2n) is 8.03. The maximum absolute atomic E-state index is 11.7. The van der Waals surface area contributed by atoms with Gasteiger partial charge in [-0.25, -0.2) is 0 Å². The number of carbonyl (C=O) groups is 1. The van der Waals surface area contributed by atoms with E-state index < -0.39 is 0 Å². The van der Waals surface area contributed by atoms with Gasteiger partial charge in [0.2, 0.25) is 0 Å². The summed E-state index contributed by atoms with van der Waals surface area (Å²) in [6.45, 7) is 2.46. The maximum Gasteiger partial charge on any atom is 0.155 e. The summed E-state index contributed by atoms with van der Waals surface area (Å²) in [5.41, 5.74) is 8.34. The number of ketones is 1. The van der Waals surface area contributed by atoms with Gasteiger partial charge in [-0.15, -0.1) is 0 Å². The largest absolute Gasteiger partial charge is 0.327 e. The van der Waals surface area contributed by atoms with Crippen LogP contribution >= 0.6 is 0 Å². The number of allylic oxidation sites excluding steroid dienone is 1. The SMILES string of the molecule is C[C@]12CCC3C4CCC(=O)C=C4CCC3C1CC[C@@H]2N. The van der Waals surface area contributed by atoms with E-state index in [-0.39, 0.29) is 0 Å². The van der Waals surface area contributed by atoms with E-state index in [0.717, 1.165) is 36.5 Å².